The number of rotatable bonds is 7. The van der Waals surface area contributed by atoms with Crippen LogP contribution in [0.2, 0.25) is 0 Å². The molecule has 1 amide bonds. The molecule has 1 aromatic rings. The number of benzene rings is 1. The summed E-state index contributed by atoms with van der Waals surface area (Å²) in [7, 11) is 3.13. The number of morpholine rings is 1. The van der Waals surface area contributed by atoms with Crippen molar-refractivity contribution in [3.63, 3.8) is 0 Å². The number of aliphatic hydroxyl groups excluding tert-OH is 1. The third-order valence-electron chi connectivity index (χ3n) is 4.56. The molecule has 2 rings (SSSR count). The molecular weight excluding hydrogens is 338 g/mol. The summed E-state index contributed by atoms with van der Waals surface area (Å²) in [5.41, 5.74) is -0.150. The SMILES string of the molecule is CCOC(C)(C)C(=O)N1CCO[C@H](CO)[C@H]1c1ccc(OC)c(OC)c1. The van der Waals surface area contributed by atoms with Crippen LogP contribution in [0.5, 0.6) is 11.5 Å². The number of hydrogen-bond acceptors (Lipinski definition) is 6. The van der Waals surface area contributed by atoms with Crippen LogP contribution >= 0.6 is 0 Å². The van der Waals surface area contributed by atoms with Crippen LogP contribution in [0.3, 0.4) is 0 Å². The van der Waals surface area contributed by atoms with Gasteiger partial charge in [-0.2, -0.15) is 0 Å². The Morgan fingerprint density at radius 1 is 1.31 bits per heavy atom. The van der Waals surface area contributed by atoms with Crippen LogP contribution in [0.4, 0.5) is 0 Å². The fourth-order valence-corrected chi connectivity index (χ4v) is 3.31. The van der Waals surface area contributed by atoms with Crippen molar-refractivity contribution in [2.24, 2.45) is 0 Å². The summed E-state index contributed by atoms with van der Waals surface area (Å²) in [5.74, 6) is 1.02. The van der Waals surface area contributed by atoms with Gasteiger partial charge in [0.2, 0.25) is 0 Å². The molecule has 0 radical (unpaired) electrons. The van der Waals surface area contributed by atoms with Crippen molar-refractivity contribution in [2.75, 3.05) is 40.6 Å². The first kappa shape index (κ1) is 20.5. The van der Waals surface area contributed by atoms with E-state index < -0.39 is 17.7 Å². The number of hydrogen-bond donors (Lipinski definition) is 1. The Bertz CT molecular complexity index is 618. The van der Waals surface area contributed by atoms with E-state index >= 15 is 0 Å². The Labute approximate surface area is 154 Å². The maximum atomic E-state index is 13.1. The van der Waals surface area contributed by atoms with Crippen LogP contribution in [-0.2, 0) is 14.3 Å². The van der Waals surface area contributed by atoms with Crippen molar-refractivity contribution in [1.82, 2.24) is 4.90 Å². The topological polar surface area (TPSA) is 77.5 Å². The van der Waals surface area contributed by atoms with E-state index in [2.05, 4.69) is 0 Å². The molecule has 1 saturated heterocycles. The van der Waals surface area contributed by atoms with Crippen LogP contribution in [0.25, 0.3) is 0 Å². The molecule has 0 spiro atoms. The van der Waals surface area contributed by atoms with Crippen molar-refractivity contribution >= 4 is 5.91 Å². The molecular formula is C19H29NO6. The first-order chi connectivity index (χ1) is 12.4. The highest BCUT2D eigenvalue weighted by atomic mass is 16.5. The van der Waals surface area contributed by atoms with Gasteiger partial charge in [0.25, 0.3) is 5.91 Å². The van der Waals surface area contributed by atoms with Gasteiger partial charge in [0, 0.05) is 13.2 Å². The molecule has 2 atom stereocenters. The zero-order valence-corrected chi connectivity index (χ0v) is 16.2. The third kappa shape index (κ3) is 4.11. The van der Waals surface area contributed by atoms with Gasteiger partial charge in [-0.3, -0.25) is 4.79 Å². The maximum Gasteiger partial charge on any atom is 0.254 e. The lowest BCUT2D eigenvalue weighted by molar-refractivity contribution is -0.170. The van der Waals surface area contributed by atoms with Gasteiger partial charge >= 0.3 is 0 Å². The van der Waals surface area contributed by atoms with Crippen LogP contribution in [0.1, 0.15) is 32.4 Å². The lowest BCUT2D eigenvalue weighted by Gasteiger charge is -2.43. The standard InChI is InChI=1S/C19H29NO6/c1-6-26-19(2,3)18(22)20-9-10-25-16(12-21)17(20)13-7-8-14(23-4)15(11-13)24-5/h7-8,11,16-17,21H,6,9-10,12H2,1-5H3/t16-,17-/m1/s1. The number of aliphatic hydroxyl groups is 1. The Hall–Kier alpha value is -1.83. The number of methoxy groups -OCH3 is 2. The number of carbonyl (C=O) groups is 1. The predicted molar refractivity (Wildman–Crippen MR) is 96.5 cm³/mol. The maximum absolute atomic E-state index is 13.1. The number of nitrogens with zero attached hydrogens (tertiary/aromatic N) is 1. The third-order valence-corrected chi connectivity index (χ3v) is 4.56. The highest BCUT2D eigenvalue weighted by molar-refractivity contribution is 5.85. The number of ether oxygens (including phenoxy) is 4. The molecule has 1 fully saturated rings. The second kappa shape index (κ2) is 8.70. The summed E-state index contributed by atoms with van der Waals surface area (Å²) in [6.07, 6.45) is -0.525. The highest BCUT2D eigenvalue weighted by Crippen LogP contribution is 2.36. The number of carbonyl (C=O) groups excluding carboxylic acids is 1. The van der Waals surface area contributed by atoms with Gasteiger partial charge in [-0.1, -0.05) is 6.07 Å². The molecule has 26 heavy (non-hydrogen) atoms. The van der Waals surface area contributed by atoms with E-state index in [0.717, 1.165) is 5.56 Å². The molecule has 0 aromatic heterocycles. The Morgan fingerprint density at radius 2 is 2.00 bits per heavy atom. The minimum Gasteiger partial charge on any atom is -0.493 e. The van der Waals surface area contributed by atoms with Crippen molar-refractivity contribution in [3.8, 4) is 11.5 Å². The summed E-state index contributed by atoms with van der Waals surface area (Å²) in [6, 6.07) is 5.01. The van der Waals surface area contributed by atoms with Crippen LogP contribution in [-0.4, -0.2) is 68.2 Å². The molecule has 146 valence electrons. The molecule has 7 nitrogen and oxygen atoms in total. The van der Waals surface area contributed by atoms with E-state index in [-0.39, 0.29) is 12.5 Å². The van der Waals surface area contributed by atoms with Gasteiger partial charge in [0.05, 0.1) is 33.5 Å². The molecule has 1 aliphatic rings. The molecule has 1 N–H and O–H groups in total. The quantitative estimate of drug-likeness (QED) is 0.792. The minimum absolute atomic E-state index is 0.138. The van der Waals surface area contributed by atoms with E-state index in [0.29, 0.717) is 31.3 Å². The molecule has 0 aliphatic carbocycles. The monoisotopic (exact) mass is 367 g/mol. The van der Waals surface area contributed by atoms with Gasteiger partial charge < -0.3 is 29.0 Å². The molecule has 1 aliphatic heterocycles. The van der Waals surface area contributed by atoms with Crippen molar-refractivity contribution < 1.29 is 28.8 Å². The zero-order valence-electron chi connectivity index (χ0n) is 16.2. The highest BCUT2D eigenvalue weighted by Gasteiger charge is 2.42. The predicted octanol–water partition coefficient (Wildman–Crippen LogP) is 1.78. The lowest BCUT2D eigenvalue weighted by atomic mass is 9.95. The van der Waals surface area contributed by atoms with Gasteiger partial charge in [0.1, 0.15) is 11.7 Å². The van der Waals surface area contributed by atoms with E-state index in [1.165, 1.54) is 0 Å². The fraction of sp³-hybridized carbons (Fsp3) is 0.632. The molecule has 0 unspecified atom stereocenters. The van der Waals surface area contributed by atoms with E-state index in [1.807, 2.05) is 19.1 Å². The summed E-state index contributed by atoms with van der Waals surface area (Å²) < 4.78 is 22.0. The summed E-state index contributed by atoms with van der Waals surface area (Å²) in [4.78, 5) is 14.9. The molecule has 0 saturated carbocycles. The van der Waals surface area contributed by atoms with Crippen LogP contribution < -0.4 is 9.47 Å². The first-order valence-corrected chi connectivity index (χ1v) is 8.79. The van der Waals surface area contributed by atoms with Gasteiger partial charge in [0.15, 0.2) is 11.5 Å². The largest absolute Gasteiger partial charge is 0.493 e. The summed E-state index contributed by atoms with van der Waals surface area (Å²) in [5, 5.41) is 9.81. The van der Waals surface area contributed by atoms with Crippen molar-refractivity contribution in [3.05, 3.63) is 23.8 Å². The molecule has 7 heteroatoms. The molecule has 0 bridgehead atoms. The summed E-state index contributed by atoms with van der Waals surface area (Å²) >= 11 is 0. The second-order valence-corrected chi connectivity index (χ2v) is 6.59. The van der Waals surface area contributed by atoms with Crippen LogP contribution in [0, 0.1) is 0 Å². The zero-order chi connectivity index (χ0) is 19.3. The van der Waals surface area contributed by atoms with Gasteiger partial charge in [-0.05, 0) is 38.5 Å². The number of amides is 1. The first-order valence-electron chi connectivity index (χ1n) is 8.79. The minimum atomic E-state index is -0.957. The van der Waals surface area contributed by atoms with Crippen LogP contribution in [0.15, 0.2) is 18.2 Å². The Morgan fingerprint density at radius 3 is 2.58 bits per heavy atom. The van der Waals surface area contributed by atoms with Crippen molar-refractivity contribution in [2.45, 2.75) is 38.5 Å². The van der Waals surface area contributed by atoms with E-state index in [1.54, 1.807) is 39.0 Å². The molecule has 1 aromatic carbocycles. The average molecular weight is 367 g/mol. The Kier molecular flexibility index (Phi) is 6.86. The van der Waals surface area contributed by atoms with E-state index in [4.69, 9.17) is 18.9 Å². The molecule has 1 heterocycles. The summed E-state index contributed by atoms with van der Waals surface area (Å²) in [6.45, 7) is 6.40. The second-order valence-electron chi connectivity index (χ2n) is 6.59. The van der Waals surface area contributed by atoms with Gasteiger partial charge in [-0.25, -0.2) is 0 Å². The Balaban J connectivity index is 2.43. The average Bonchev–Trinajstić information content (AvgIpc) is 2.66. The smallest absolute Gasteiger partial charge is 0.254 e. The van der Waals surface area contributed by atoms with E-state index in [9.17, 15) is 9.90 Å². The normalized spacial score (nSPS) is 20.8. The fourth-order valence-electron chi connectivity index (χ4n) is 3.31. The van der Waals surface area contributed by atoms with Crippen molar-refractivity contribution in [1.29, 1.82) is 0 Å². The van der Waals surface area contributed by atoms with Gasteiger partial charge in [-0.15, -0.1) is 0 Å². The lowest BCUT2D eigenvalue weighted by Crippen LogP contribution is -2.55.